The Labute approximate surface area is 256 Å². The zero-order valence-corrected chi connectivity index (χ0v) is 26.0. The molecule has 42 heavy (non-hydrogen) atoms. The van der Waals surface area contributed by atoms with E-state index in [-0.39, 0.29) is 21.5 Å². The normalized spacial score (nSPS) is 11.6. The van der Waals surface area contributed by atoms with Gasteiger partial charge in [-0.2, -0.15) is 0 Å². The summed E-state index contributed by atoms with van der Waals surface area (Å²) in [5.74, 6) is 0.0374. The fourth-order valence-electron chi connectivity index (χ4n) is 4.14. The topological polar surface area (TPSA) is 105 Å². The molecule has 0 amide bonds. The number of halogens is 2. The van der Waals surface area contributed by atoms with Crippen LogP contribution in [0.2, 0.25) is 10.0 Å². The Bertz CT molecular complexity index is 1630. The van der Waals surface area contributed by atoms with E-state index < -0.39 is 22.5 Å². The molecule has 0 spiro atoms. The van der Waals surface area contributed by atoms with Crippen LogP contribution < -0.4 is 9.62 Å². The predicted octanol–water partition coefficient (Wildman–Crippen LogP) is 6.12. The molecule has 0 saturated carbocycles. The molecule has 3 aromatic carbocycles. The number of nitrogens with one attached hydrogen (secondary N) is 1. The monoisotopic (exact) mass is 629 g/mol. The highest BCUT2D eigenvalue weighted by molar-refractivity contribution is 7.92. The molecule has 1 aromatic heterocycles. The highest BCUT2D eigenvalue weighted by Crippen LogP contribution is 2.31. The average Bonchev–Trinajstić information content (AvgIpc) is 2.95. The number of aromatic nitrogens is 2. The lowest BCUT2D eigenvalue weighted by atomic mass is 10.0. The molecule has 222 valence electrons. The van der Waals surface area contributed by atoms with Gasteiger partial charge in [-0.1, -0.05) is 54.7 Å². The summed E-state index contributed by atoms with van der Waals surface area (Å²) in [5.41, 5.74) is 1.86. The average molecular weight is 631 g/mol. The van der Waals surface area contributed by atoms with Gasteiger partial charge >= 0.3 is 5.97 Å². The Balaban J connectivity index is 1.63. The summed E-state index contributed by atoms with van der Waals surface area (Å²) in [5, 5.41) is 5.21. The fraction of sp³-hybridized carbons (Fsp3) is 0.300. The van der Waals surface area contributed by atoms with Crippen molar-refractivity contribution in [2.45, 2.75) is 24.7 Å². The Kier molecular flexibility index (Phi) is 10.6. The van der Waals surface area contributed by atoms with E-state index in [0.29, 0.717) is 23.6 Å². The molecule has 0 fully saturated rings. The van der Waals surface area contributed by atoms with Crippen LogP contribution >= 0.6 is 23.2 Å². The lowest BCUT2D eigenvalue weighted by Crippen LogP contribution is -2.36. The molecule has 0 saturated heterocycles. The third kappa shape index (κ3) is 8.10. The van der Waals surface area contributed by atoms with Crippen molar-refractivity contribution in [2.75, 3.05) is 50.0 Å². The first-order valence-corrected chi connectivity index (χ1v) is 15.7. The van der Waals surface area contributed by atoms with Gasteiger partial charge in [0.15, 0.2) is 0 Å². The maximum absolute atomic E-state index is 13.8. The molecule has 0 atom stereocenters. The van der Waals surface area contributed by atoms with Crippen molar-refractivity contribution in [3.8, 4) is 11.3 Å². The van der Waals surface area contributed by atoms with Crippen LogP contribution in [-0.4, -0.2) is 69.6 Å². The first kappa shape index (κ1) is 31.5. The lowest BCUT2D eigenvalue weighted by molar-refractivity contribution is -0.141. The van der Waals surface area contributed by atoms with E-state index in [9.17, 15) is 13.2 Å². The highest BCUT2D eigenvalue weighted by atomic mass is 35.5. The summed E-state index contributed by atoms with van der Waals surface area (Å²) in [6, 6.07) is 14.9. The number of carbonyl (C=O) groups is 1. The number of fused-ring (bicyclic) bond motifs is 1. The molecule has 4 rings (SSSR count). The van der Waals surface area contributed by atoms with Gasteiger partial charge in [-0.05, 0) is 67.7 Å². The number of hydrogen-bond donors (Lipinski definition) is 1. The number of rotatable bonds is 13. The Morgan fingerprint density at radius 3 is 2.33 bits per heavy atom. The largest absolute Gasteiger partial charge is 0.464 e. The minimum atomic E-state index is -4.22. The molecule has 4 aromatic rings. The quantitative estimate of drug-likeness (QED) is 0.139. The van der Waals surface area contributed by atoms with Crippen molar-refractivity contribution >= 4 is 61.5 Å². The standard InChI is InChI=1S/C30H33Cl2N5O4S/c1-4-5-12-41-30(38)20-37(42(39,40)27-16-24(31)15-25(32)17-27)26-9-8-21-13-23(7-6-22(21)14-26)28-18-35-29(19-34-28)33-10-11-36(2)3/h6-9,13-19H,4-5,10-12,20H2,1-3H3,(H,33,35). The van der Waals surface area contributed by atoms with E-state index in [2.05, 4.69) is 20.2 Å². The van der Waals surface area contributed by atoms with Crippen LogP contribution in [0.5, 0.6) is 0 Å². The third-order valence-electron chi connectivity index (χ3n) is 6.38. The summed E-state index contributed by atoms with van der Waals surface area (Å²) in [6.07, 6.45) is 4.93. The summed E-state index contributed by atoms with van der Waals surface area (Å²) < 4.78 is 33.9. The van der Waals surface area contributed by atoms with Crippen LogP contribution in [0.1, 0.15) is 19.8 Å². The van der Waals surface area contributed by atoms with E-state index in [0.717, 1.165) is 40.2 Å². The molecule has 1 N–H and O–H groups in total. The minimum absolute atomic E-state index is 0.130. The Morgan fingerprint density at radius 1 is 0.952 bits per heavy atom. The van der Waals surface area contributed by atoms with Gasteiger partial charge in [-0.15, -0.1) is 0 Å². The number of nitrogens with zero attached hydrogens (tertiary/aromatic N) is 4. The van der Waals surface area contributed by atoms with Crippen molar-refractivity contribution in [3.05, 3.63) is 77.0 Å². The van der Waals surface area contributed by atoms with Crippen LogP contribution in [0.25, 0.3) is 22.0 Å². The smallest absolute Gasteiger partial charge is 0.326 e. The molecule has 0 aliphatic heterocycles. The number of carbonyl (C=O) groups excluding carboxylic acids is 1. The van der Waals surface area contributed by atoms with Crippen LogP contribution in [0.3, 0.4) is 0 Å². The summed E-state index contributed by atoms with van der Waals surface area (Å²) in [7, 11) is -0.209. The number of sulfonamides is 1. The minimum Gasteiger partial charge on any atom is -0.464 e. The maximum atomic E-state index is 13.8. The molecule has 9 nitrogen and oxygen atoms in total. The van der Waals surface area contributed by atoms with Gasteiger partial charge in [-0.25, -0.2) is 13.4 Å². The van der Waals surface area contributed by atoms with Gasteiger partial charge in [-0.3, -0.25) is 14.1 Å². The van der Waals surface area contributed by atoms with Crippen molar-refractivity contribution in [1.29, 1.82) is 0 Å². The van der Waals surface area contributed by atoms with E-state index >= 15 is 0 Å². The molecule has 0 aliphatic rings. The van der Waals surface area contributed by atoms with Crippen LogP contribution in [0, 0.1) is 0 Å². The molecule has 0 aliphatic carbocycles. The van der Waals surface area contributed by atoms with E-state index in [1.54, 1.807) is 30.6 Å². The molecular formula is C30H33Cl2N5O4S. The van der Waals surface area contributed by atoms with Gasteiger partial charge in [0.1, 0.15) is 12.4 Å². The number of benzene rings is 3. The second kappa shape index (κ2) is 14.2. The van der Waals surface area contributed by atoms with Crippen LogP contribution in [0.15, 0.2) is 71.9 Å². The molecule has 1 heterocycles. The number of esters is 1. The Morgan fingerprint density at radius 2 is 1.67 bits per heavy atom. The molecule has 12 heteroatoms. The predicted molar refractivity (Wildman–Crippen MR) is 169 cm³/mol. The zero-order chi connectivity index (χ0) is 30.3. The molecular weight excluding hydrogens is 597 g/mol. The molecule has 0 unspecified atom stereocenters. The van der Waals surface area contributed by atoms with Gasteiger partial charge in [0.2, 0.25) is 0 Å². The second-order valence-electron chi connectivity index (χ2n) is 9.95. The van der Waals surface area contributed by atoms with E-state index in [4.69, 9.17) is 27.9 Å². The van der Waals surface area contributed by atoms with Gasteiger partial charge in [0.05, 0.1) is 35.3 Å². The highest BCUT2D eigenvalue weighted by Gasteiger charge is 2.29. The zero-order valence-electron chi connectivity index (χ0n) is 23.7. The maximum Gasteiger partial charge on any atom is 0.326 e. The number of hydrogen-bond acceptors (Lipinski definition) is 8. The number of unbranched alkanes of at least 4 members (excludes halogenated alkanes) is 1. The van der Waals surface area contributed by atoms with Crippen molar-refractivity contribution < 1.29 is 17.9 Å². The first-order chi connectivity index (χ1) is 20.1. The number of likely N-dealkylation sites (N-methyl/N-ethyl adjacent to an activating group) is 1. The summed E-state index contributed by atoms with van der Waals surface area (Å²) >= 11 is 12.2. The van der Waals surface area contributed by atoms with Crippen molar-refractivity contribution in [3.63, 3.8) is 0 Å². The second-order valence-corrected chi connectivity index (χ2v) is 12.7. The van der Waals surface area contributed by atoms with Crippen molar-refractivity contribution in [1.82, 2.24) is 14.9 Å². The van der Waals surface area contributed by atoms with E-state index in [1.807, 2.05) is 39.2 Å². The van der Waals surface area contributed by atoms with Gasteiger partial charge in [0.25, 0.3) is 10.0 Å². The first-order valence-electron chi connectivity index (χ1n) is 13.5. The van der Waals surface area contributed by atoms with Crippen LogP contribution in [0.4, 0.5) is 11.5 Å². The third-order valence-corrected chi connectivity index (χ3v) is 8.57. The lowest BCUT2D eigenvalue weighted by Gasteiger charge is -2.24. The van der Waals surface area contributed by atoms with Gasteiger partial charge in [0, 0.05) is 28.7 Å². The Hall–Kier alpha value is -3.44. The summed E-state index contributed by atoms with van der Waals surface area (Å²) in [4.78, 5) is 23.6. The fourth-order valence-corrected chi connectivity index (χ4v) is 6.26. The van der Waals surface area contributed by atoms with Crippen molar-refractivity contribution in [2.24, 2.45) is 0 Å². The number of ether oxygens (including phenoxy) is 1. The summed E-state index contributed by atoms with van der Waals surface area (Å²) in [6.45, 7) is 3.31. The number of anilines is 2. The SMILES string of the molecule is CCCCOC(=O)CN(c1ccc2cc(-c3cnc(NCCN(C)C)cn3)ccc2c1)S(=O)(=O)c1cc(Cl)cc(Cl)c1. The van der Waals surface area contributed by atoms with Crippen LogP contribution in [-0.2, 0) is 19.6 Å². The van der Waals surface area contributed by atoms with E-state index in [1.165, 1.54) is 18.2 Å². The van der Waals surface area contributed by atoms with Gasteiger partial charge < -0.3 is 15.0 Å². The molecule has 0 radical (unpaired) electrons. The molecule has 0 bridgehead atoms.